The van der Waals surface area contributed by atoms with Crippen LogP contribution in [0.4, 0.5) is 0 Å². The summed E-state index contributed by atoms with van der Waals surface area (Å²) >= 11 is 0. The van der Waals surface area contributed by atoms with E-state index in [4.69, 9.17) is 4.74 Å². The van der Waals surface area contributed by atoms with Gasteiger partial charge in [-0.15, -0.1) is 0 Å². The first-order valence-corrected chi connectivity index (χ1v) is 7.99. The zero-order valence-corrected chi connectivity index (χ0v) is 13.8. The Morgan fingerprint density at radius 3 is 2.86 bits per heavy atom. The van der Waals surface area contributed by atoms with E-state index in [1.165, 1.54) is 24.0 Å². The van der Waals surface area contributed by atoms with Crippen LogP contribution in [-0.4, -0.2) is 24.9 Å². The zero-order chi connectivity index (χ0) is 15.5. The van der Waals surface area contributed by atoms with Gasteiger partial charge in [0.15, 0.2) is 0 Å². The second-order valence-electron chi connectivity index (χ2n) is 7.11. The lowest BCUT2D eigenvalue weighted by atomic mass is 9.84. The molecule has 0 aliphatic heterocycles. The lowest BCUT2D eigenvalue weighted by Gasteiger charge is -2.32. The number of aryl methyl sites for hydroxylation is 1. The Bertz CT molecular complexity index is 468. The predicted octanol–water partition coefficient (Wildman–Crippen LogP) is 3.46. The normalized spacial score (nSPS) is 20.0. The number of hydrogen-bond acceptors (Lipinski definition) is 3. The molecule has 0 saturated carbocycles. The Labute approximate surface area is 128 Å². The average Bonchev–Trinajstić information content (AvgIpc) is 2.43. The molecule has 3 nitrogen and oxygen atoms in total. The molecule has 0 aromatic heterocycles. The molecule has 0 amide bonds. The summed E-state index contributed by atoms with van der Waals surface area (Å²) in [7, 11) is 1.72. The number of aliphatic hydroxyl groups excluding tert-OH is 1. The van der Waals surface area contributed by atoms with Crippen molar-refractivity contribution in [3.63, 3.8) is 0 Å². The first-order valence-electron chi connectivity index (χ1n) is 7.99. The molecule has 0 bridgehead atoms. The number of methoxy groups -OCH3 is 1. The summed E-state index contributed by atoms with van der Waals surface area (Å²) in [6.07, 6.45) is 4.12. The number of hydrogen-bond donors (Lipinski definition) is 2. The zero-order valence-electron chi connectivity index (χ0n) is 13.8. The molecule has 1 aromatic carbocycles. The largest absolute Gasteiger partial charge is 0.497 e. The van der Waals surface area contributed by atoms with E-state index < -0.39 is 0 Å². The minimum absolute atomic E-state index is 0.109. The summed E-state index contributed by atoms with van der Waals surface area (Å²) in [6.45, 7) is 7.22. The third kappa shape index (κ3) is 4.45. The van der Waals surface area contributed by atoms with Crippen LogP contribution in [0.1, 0.15) is 57.2 Å². The molecule has 118 valence electrons. The van der Waals surface area contributed by atoms with Gasteiger partial charge in [0.2, 0.25) is 0 Å². The van der Waals surface area contributed by atoms with Gasteiger partial charge in [-0.1, -0.05) is 19.9 Å². The van der Waals surface area contributed by atoms with Crippen LogP contribution >= 0.6 is 0 Å². The quantitative estimate of drug-likeness (QED) is 0.843. The summed E-state index contributed by atoms with van der Waals surface area (Å²) < 4.78 is 5.33. The lowest BCUT2D eigenvalue weighted by molar-refractivity contribution is 0.126. The highest BCUT2D eigenvalue weighted by atomic mass is 16.5. The summed E-state index contributed by atoms with van der Waals surface area (Å²) in [4.78, 5) is 0. The second-order valence-corrected chi connectivity index (χ2v) is 7.11. The maximum Gasteiger partial charge on any atom is 0.119 e. The van der Waals surface area contributed by atoms with Crippen LogP contribution in [0.3, 0.4) is 0 Å². The minimum Gasteiger partial charge on any atom is -0.497 e. The highest BCUT2D eigenvalue weighted by Gasteiger charge is 2.25. The van der Waals surface area contributed by atoms with Gasteiger partial charge >= 0.3 is 0 Å². The van der Waals surface area contributed by atoms with Crippen LogP contribution in [0.25, 0.3) is 0 Å². The Hall–Kier alpha value is -1.06. The van der Waals surface area contributed by atoms with Crippen LogP contribution in [0, 0.1) is 5.41 Å². The Kier molecular flexibility index (Phi) is 5.28. The van der Waals surface area contributed by atoms with E-state index in [-0.39, 0.29) is 11.5 Å². The molecular weight excluding hydrogens is 262 g/mol. The number of aliphatic hydroxyl groups is 1. The molecule has 2 atom stereocenters. The van der Waals surface area contributed by atoms with Gasteiger partial charge < -0.3 is 15.2 Å². The Morgan fingerprint density at radius 2 is 2.19 bits per heavy atom. The van der Waals surface area contributed by atoms with Crippen molar-refractivity contribution in [1.29, 1.82) is 0 Å². The van der Waals surface area contributed by atoms with E-state index >= 15 is 0 Å². The second kappa shape index (κ2) is 6.80. The van der Waals surface area contributed by atoms with E-state index in [2.05, 4.69) is 37.4 Å². The molecule has 3 heteroatoms. The minimum atomic E-state index is -0.246. The molecule has 2 rings (SSSR count). The van der Waals surface area contributed by atoms with Crippen molar-refractivity contribution in [3.8, 4) is 5.75 Å². The van der Waals surface area contributed by atoms with Crippen LogP contribution in [0.15, 0.2) is 18.2 Å². The van der Waals surface area contributed by atoms with Gasteiger partial charge in [-0.05, 0) is 61.3 Å². The summed E-state index contributed by atoms with van der Waals surface area (Å²) in [5.74, 6) is 0.948. The first kappa shape index (κ1) is 16.3. The van der Waals surface area contributed by atoms with Crippen molar-refractivity contribution in [2.24, 2.45) is 5.41 Å². The SMILES string of the molecule is COc1ccc2c(c1)CCCC2NCC(C)(C)CC(C)O. The highest BCUT2D eigenvalue weighted by molar-refractivity contribution is 5.39. The molecule has 0 fully saturated rings. The number of fused-ring (bicyclic) bond motifs is 1. The molecule has 0 heterocycles. The first-order chi connectivity index (χ1) is 9.91. The fourth-order valence-corrected chi connectivity index (χ4v) is 3.40. The van der Waals surface area contributed by atoms with E-state index in [1.807, 2.05) is 6.92 Å². The summed E-state index contributed by atoms with van der Waals surface area (Å²) in [6, 6.07) is 6.85. The predicted molar refractivity (Wildman–Crippen MR) is 86.8 cm³/mol. The fraction of sp³-hybridized carbons (Fsp3) is 0.667. The monoisotopic (exact) mass is 291 g/mol. The van der Waals surface area contributed by atoms with Crippen molar-refractivity contribution >= 4 is 0 Å². The lowest BCUT2D eigenvalue weighted by Crippen LogP contribution is -2.35. The fourth-order valence-electron chi connectivity index (χ4n) is 3.40. The number of nitrogens with one attached hydrogen (secondary N) is 1. The Balaban J connectivity index is 2.03. The van der Waals surface area contributed by atoms with Gasteiger partial charge in [0.1, 0.15) is 5.75 Å². The molecule has 2 unspecified atom stereocenters. The molecule has 1 aromatic rings. The van der Waals surface area contributed by atoms with Crippen molar-refractivity contribution in [2.75, 3.05) is 13.7 Å². The van der Waals surface area contributed by atoms with Gasteiger partial charge in [-0.25, -0.2) is 0 Å². The number of ether oxygens (including phenoxy) is 1. The van der Waals surface area contributed by atoms with E-state index in [0.29, 0.717) is 6.04 Å². The molecule has 21 heavy (non-hydrogen) atoms. The van der Waals surface area contributed by atoms with Crippen molar-refractivity contribution < 1.29 is 9.84 Å². The van der Waals surface area contributed by atoms with Gasteiger partial charge in [-0.3, -0.25) is 0 Å². The molecule has 0 radical (unpaired) electrons. The topological polar surface area (TPSA) is 41.5 Å². The van der Waals surface area contributed by atoms with Crippen LogP contribution in [0.5, 0.6) is 5.75 Å². The summed E-state index contributed by atoms with van der Waals surface area (Å²) in [5.41, 5.74) is 2.93. The van der Waals surface area contributed by atoms with Crippen molar-refractivity contribution in [1.82, 2.24) is 5.32 Å². The standard InChI is InChI=1S/C18H29NO2/c1-13(20)11-18(2,3)12-19-17-7-5-6-14-10-15(21-4)8-9-16(14)17/h8-10,13,17,19-20H,5-7,11-12H2,1-4H3. The maximum absolute atomic E-state index is 9.60. The molecule has 2 N–H and O–H groups in total. The van der Waals surface area contributed by atoms with Crippen LogP contribution in [-0.2, 0) is 6.42 Å². The van der Waals surface area contributed by atoms with Gasteiger partial charge in [0, 0.05) is 12.6 Å². The average molecular weight is 291 g/mol. The third-order valence-electron chi connectivity index (χ3n) is 4.34. The molecular formula is C18H29NO2. The Morgan fingerprint density at radius 1 is 1.43 bits per heavy atom. The van der Waals surface area contributed by atoms with Crippen molar-refractivity contribution in [2.45, 2.75) is 58.6 Å². The maximum atomic E-state index is 9.60. The van der Waals surface area contributed by atoms with Crippen LogP contribution < -0.4 is 10.1 Å². The molecule has 1 aliphatic rings. The smallest absolute Gasteiger partial charge is 0.119 e. The molecule has 1 aliphatic carbocycles. The molecule has 0 spiro atoms. The highest BCUT2D eigenvalue weighted by Crippen LogP contribution is 2.33. The van der Waals surface area contributed by atoms with E-state index in [9.17, 15) is 5.11 Å². The molecule has 0 saturated heterocycles. The summed E-state index contributed by atoms with van der Waals surface area (Å²) in [5, 5.41) is 13.3. The third-order valence-corrected chi connectivity index (χ3v) is 4.34. The van der Waals surface area contributed by atoms with Crippen molar-refractivity contribution in [3.05, 3.63) is 29.3 Å². The van der Waals surface area contributed by atoms with E-state index in [0.717, 1.165) is 25.1 Å². The van der Waals surface area contributed by atoms with Gasteiger partial charge in [0.05, 0.1) is 13.2 Å². The van der Waals surface area contributed by atoms with Crippen LogP contribution in [0.2, 0.25) is 0 Å². The van der Waals surface area contributed by atoms with E-state index in [1.54, 1.807) is 7.11 Å². The van der Waals surface area contributed by atoms with Gasteiger partial charge in [0.25, 0.3) is 0 Å². The number of rotatable bonds is 6. The number of benzene rings is 1. The van der Waals surface area contributed by atoms with Gasteiger partial charge in [-0.2, -0.15) is 0 Å².